The van der Waals surface area contributed by atoms with Crippen molar-refractivity contribution in [1.82, 2.24) is 15.1 Å². The van der Waals surface area contributed by atoms with Crippen LogP contribution in [0.3, 0.4) is 0 Å². The van der Waals surface area contributed by atoms with Gasteiger partial charge in [-0.05, 0) is 31.7 Å². The Kier molecular flexibility index (Phi) is 3.90. The Morgan fingerprint density at radius 3 is 2.86 bits per heavy atom. The summed E-state index contributed by atoms with van der Waals surface area (Å²) >= 11 is 0. The van der Waals surface area contributed by atoms with Crippen LogP contribution in [-0.2, 0) is 0 Å². The number of carbonyl (C=O) groups excluding carboxylic acids is 1. The molecule has 1 aromatic carbocycles. The maximum Gasteiger partial charge on any atom is 0.322 e. The SMILES string of the molecule is Cc1ccc(C2CCCCN2C(=O)Nc2cn[nH]c2)cc1. The van der Waals surface area contributed by atoms with Crippen molar-refractivity contribution >= 4 is 11.7 Å². The van der Waals surface area contributed by atoms with Gasteiger partial charge in [0.05, 0.1) is 17.9 Å². The van der Waals surface area contributed by atoms with Gasteiger partial charge in [0.25, 0.3) is 0 Å². The molecule has 2 aromatic rings. The van der Waals surface area contributed by atoms with Crippen molar-refractivity contribution in [3.63, 3.8) is 0 Å². The van der Waals surface area contributed by atoms with Crippen LogP contribution in [0.4, 0.5) is 10.5 Å². The number of hydrogen-bond acceptors (Lipinski definition) is 2. The molecule has 0 saturated carbocycles. The molecule has 1 aliphatic heterocycles. The third-order valence-electron chi connectivity index (χ3n) is 3.98. The first-order valence-electron chi connectivity index (χ1n) is 7.37. The van der Waals surface area contributed by atoms with E-state index in [2.05, 4.69) is 46.7 Å². The lowest BCUT2D eigenvalue weighted by Crippen LogP contribution is -2.41. The monoisotopic (exact) mass is 284 g/mol. The van der Waals surface area contributed by atoms with Gasteiger partial charge in [0.2, 0.25) is 0 Å². The van der Waals surface area contributed by atoms with E-state index in [-0.39, 0.29) is 12.1 Å². The van der Waals surface area contributed by atoms with E-state index in [1.807, 2.05) is 4.90 Å². The number of piperidine rings is 1. The number of benzene rings is 1. The number of likely N-dealkylation sites (tertiary alicyclic amines) is 1. The number of H-pyrrole nitrogens is 1. The average Bonchev–Trinajstić information content (AvgIpc) is 3.01. The Hall–Kier alpha value is -2.30. The molecule has 0 bridgehead atoms. The Labute approximate surface area is 124 Å². The maximum absolute atomic E-state index is 12.5. The summed E-state index contributed by atoms with van der Waals surface area (Å²) in [6, 6.07) is 8.58. The lowest BCUT2D eigenvalue weighted by Gasteiger charge is -2.36. The maximum atomic E-state index is 12.5. The molecule has 0 spiro atoms. The van der Waals surface area contributed by atoms with Gasteiger partial charge in [0.1, 0.15) is 0 Å². The van der Waals surface area contributed by atoms with Gasteiger partial charge in [0.15, 0.2) is 0 Å². The van der Waals surface area contributed by atoms with Gasteiger partial charge in [-0.2, -0.15) is 5.10 Å². The quantitative estimate of drug-likeness (QED) is 0.887. The predicted octanol–water partition coefficient (Wildman–Crippen LogP) is 3.48. The summed E-state index contributed by atoms with van der Waals surface area (Å²) in [5, 5.41) is 9.45. The fourth-order valence-corrected chi connectivity index (χ4v) is 2.82. The molecule has 1 saturated heterocycles. The van der Waals surface area contributed by atoms with E-state index in [1.54, 1.807) is 12.4 Å². The fourth-order valence-electron chi connectivity index (χ4n) is 2.82. The van der Waals surface area contributed by atoms with Crippen LogP contribution >= 0.6 is 0 Å². The summed E-state index contributed by atoms with van der Waals surface area (Å²) in [4.78, 5) is 14.4. The molecule has 1 aliphatic rings. The van der Waals surface area contributed by atoms with Crippen LogP contribution in [0.2, 0.25) is 0 Å². The number of hydrogen-bond donors (Lipinski definition) is 2. The van der Waals surface area contributed by atoms with E-state index in [4.69, 9.17) is 0 Å². The number of aryl methyl sites for hydroxylation is 1. The first-order chi connectivity index (χ1) is 10.2. The van der Waals surface area contributed by atoms with E-state index < -0.39 is 0 Å². The van der Waals surface area contributed by atoms with E-state index in [0.717, 1.165) is 25.8 Å². The summed E-state index contributed by atoms with van der Waals surface area (Å²) in [7, 11) is 0. The van der Waals surface area contributed by atoms with E-state index in [1.165, 1.54) is 11.1 Å². The normalized spacial score (nSPS) is 18.5. The number of aromatic nitrogens is 2. The molecule has 2 N–H and O–H groups in total. The van der Waals surface area contributed by atoms with Crippen molar-refractivity contribution in [1.29, 1.82) is 0 Å². The smallest absolute Gasteiger partial charge is 0.317 e. The first kappa shape index (κ1) is 13.7. The first-order valence-corrected chi connectivity index (χ1v) is 7.37. The molecule has 0 radical (unpaired) electrons. The summed E-state index contributed by atoms with van der Waals surface area (Å²) in [5.41, 5.74) is 3.15. The highest BCUT2D eigenvalue weighted by atomic mass is 16.2. The molecule has 110 valence electrons. The Morgan fingerprint density at radius 2 is 2.14 bits per heavy atom. The van der Waals surface area contributed by atoms with Crippen LogP contribution < -0.4 is 5.32 Å². The largest absolute Gasteiger partial charge is 0.322 e. The van der Waals surface area contributed by atoms with Crippen molar-refractivity contribution in [2.45, 2.75) is 32.2 Å². The highest BCUT2D eigenvalue weighted by Gasteiger charge is 2.28. The van der Waals surface area contributed by atoms with Crippen LogP contribution in [0.1, 0.15) is 36.4 Å². The molecule has 1 unspecified atom stereocenters. The lowest BCUT2D eigenvalue weighted by molar-refractivity contribution is 0.163. The molecule has 1 aromatic heterocycles. The topological polar surface area (TPSA) is 61.0 Å². The number of anilines is 1. The zero-order valence-corrected chi connectivity index (χ0v) is 12.2. The van der Waals surface area contributed by atoms with Crippen molar-refractivity contribution in [2.75, 3.05) is 11.9 Å². The molecular formula is C16H20N4O. The minimum absolute atomic E-state index is 0.0540. The average molecular weight is 284 g/mol. The number of urea groups is 1. The predicted molar refractivity (Wildman–Crippen MR) is 82.1 cm³/mol. The summed E-state index contributed by atoms with van der Waals surface area (Å²) < 4.78 is 0. The number of nitrogens with zero attached hydrogens (tertiary/aromatic N) is 2. The standard InChI is InChI=1S/C16H20N4O/c1-12-5-7-13(8-6-12)15-4-2-3-9-20(15)16(21)19-14-10-17-18-11-14/h5-8,10-11,15H,2-4,9H2,1H3,(H,17,18)(H,19,21). The fraction of sp³-hybridized carbons (Fsp3) is 0.375. The van der Waals surface area contributed by atoms with Gasteiger partial charge in [0, 0.05) is 12.7 Å². The van der Waals surface area contributed by atoms with Gasteiger partial charge in [-0.1, -0.05) is 29.8 Å². The lowest BCUT2D eigenvalue weighted by atomic mass is 9.95. The molecule has 2 heterocycles. The van der Waals surface area contributed by atoms with Crippen LogP contribution in [0.25, 0.3) is 0 Å². The molecule has 21 heavy (non-hydrogen) atoms. The summed E-state index contributed by atoms with van der Waals surface area (Å²) in [6.07, 6.45) is 6.53. The van der Waals surface area contributed by atoms with Crippen molar-refractivity contribution in [3.8, 4) is 0 Å². The minimum Gasteiger partial charge on any atom is -0.317 e. The summed E-state index contributed by atoms with van der Waals surface area (Å²) in [6.45, 7) is 2.87. The second-order valence-electron chi connectivity index (χ2n) is 5.53. The highest BCUT2D eigenvalue weighted by Crippen LogP contribution is 2.31. The van der Waals surface area contributed by atoms with Crippen molar-refractivity contribution in [2.24, 2.45) is 0 Å². The zero-order valence-electron chi connectivity index (χ0n) is 12.2. The van der Waals surface area contributed by atoms with Crippen LogP contribution in [0.5, 0.6) is 0 Å². The molecule has 0 aliphatic carbocycles. The van der Waals surface area contributed by atoms with Gasteiger partial charge in [-0.15, -0.1) is 0 Å². The van der Waals surface area contributed by atoms with E-state index >= 15 is 0 Å². The zero-order chi connectivity index (χ0) is 14.7. The molecule has 2 amide bonds. The summed E-state index contributed by atoms with van der Waals surface area (Å²) in [5.74, 6) is 0. The Balaban J connectivity index is 1.77. The molecule has 3 rings (SSSR count). The number of amides is 2. The van der Waals surface area contributed by atoms with Crippen LogP contribution in [-0.4, -0.2) is 27.7 Å². The van der Waals surface area contributed by atoms with Crippen LogP contribution in [0.15, 0.2) is 36.7 Å². The third kappa shape index (κ3) is 3.07. The molecule has 5 heteroatoms. The van der Waals surface area contributed by atoms with Gasteiger partial charge < -0.3 is 10.2 Å². The molecule has 1 atom stereocenters. The van der Waals surface area contributed by atoms with Gasteiger partial charge in [-0.3, -0.25) is 5.10 Å². The third-order valence-corrected chi connectivity index (χ3v) is 3.98. The number of nitrogens with one attached hydrogen (secondary N) is 2. The number of aromatic amines is 1. The molecular weight excluding hydrogens is 264 g/mol. The van der Waals surface area contributed by atoms with E-state index in [9.17, 15) is 4.79 Å². The molecule has 5 nitrogen and oxygen atoms in total. The Bertz CT molecular complexity index is 591. The van der Waals surface area contributed by atoms with Crippen molar-refractivity contribution in [3.05, 3.63) is 47.8 Å². The second-order valence-corrected chi connectivity index (χ2v) is 5.53. The molecule has 1 fully saturated rings. The van der Waals surface area contributed by atoms with Crippen LogP contribution in [0, 0.1) is 6.92 Å². The van der Waals surface area contributed by atoms with Gasteiger partial charge >= 0.3 is 6.03 Å². The Morgan fingerprint density at radius 1 is 1.33 bits per heavy atom. The second kappa shape index (κ2) is 5.99. The van der Waals surface area contributed by atoms with Crippen molar-refractivity contribution < 1.29 is 4.79 Å². The minimum atomic E-state index is -0.0540. The number of carbonyl (C=O) groups is 1. The van der Waals surface area contributed by atoms with E-state index in [0.29, 0.717) is 5.69 Å². The highest BCUT2D eigenvalue weighted by molar-refractivity contribution is 5.89. The number of rotatable bonds is 2. The van der Waals surface area contributed by atoms with Gasteiger partial charge in [-0.25, -0.2) is 4.79 Å².